The molecule has 13 aromatic carbocycles. The van der Waals surface area contributed by atoms with Crippen molar-refractivity contribution in [2.75, 3.05) is 0 Å². The molecule has 6 N–H and O–H groups in total. The van der Waals surface area contributed by atoms with Gasteiger partial charge in [0, 0.05) is 214 Å². The van der Waals surface area contributed by atoms with E-state index < -0.39 is 32.4 Å². The number of aromatic hydroxyl groups is 3. The third kappa shape index (κ3) is 5.53. The molecule has 9 aromatic heterocycles. The molecule has 0 bridgehead atoms. The first-order valence-corrected chi connectivity index (χ1v) is 41.1. The maximum absolute atomic E-state index is 13.4. The summed E-state index contributed by atoms with van der Waals surface area (Å²) in [6, 6.07) is 15.4. The van der Waals surface area contributed by atoms with Crippen LogP contribution in [0.2, 0.25) is 0 Å². The Morgan fingerprint density at radius 2 is 1.24 bits per heavy atom. The van der Waals surface area contributed by atoms with Gasteiger partial charge in [0.25, 0.3) is 0 Å². The van der Waals surface area contributed by atoms with E-state index in [1.54, 1.807) is 11.3 Å². The number of fused-ring (bicyclic) bond motifs is 4. The van der Waals surface area contributed by atoms with Gasteiger partial charge >= 0.3 is 0 Å². The zero-order valence-corrected chi connectivity index (χ0v) is 56.9. The number of thiophene rings is 3. The average Bonchev–Trinajstić information content (AvgIpc) is 1.64. The molecule has 5 aliphatic carbocycles. The van der Waals surface area contributed by atoms with Crippen LogP contribution in [0.25, 0.3) is 203 Å². The van der Waals surface area contributed by atoms with Crippen LogP contribution in [0.4, 0.5) is 0 Å². The van der Waals surface area contributed by atoms with Gasteiger partial charge in [-0.05, 0) is 190 Å². The van der Waals surface area contributed by atoms with Gasteiger partial charge in [-0.25, -0.2) is 9.97 Å². The van der Waals surface area contributed by atoms with Crippen LogP contribution >= 0.6 is 34.0 Å². The number of phenolic OH excluding ortho intramolecular Hbond substituents is 3. The van der Waals surface area contributed by atoms with Gasteiger partial charge in [-0.15, -0.1) is 34.0 Å². The fourth-order valence-corrected chi connectivity index (χ4v) is 29.6. The largest absolute Gasteiger partial charge is 0.508 e. The summed E-state index contributed by atoms with van der Waals surface area (Å²) in [6.45, 7) is 0. The molecule has 0 spiro atoms. The molecule has 0 saturated heterocycles. The summed E-state index contributed by atoms with van der Waals surface area (Å²) in [5, 5.41) is 69.7. The molecular weight excluding hydrogens is 1350 g/mol. The number of aromatic nitrogens is 6. The van der Waals surface area contributed by atoms with Crippen molar-refractivity contribution >= 4 is 258 Å². The number of hydrogen-bond donors (Lipinski definition) is 6. The maximum atomic E-state index is 13.4. The van der Waals surface area contributed by atoms with E-state index in [9.17, 15) is 27.9 Å². The number of benzene rings is 13. The molecule has 0 amide bonds. The molecule has 4 atom stereocenters. The molecule has 18 heteroatoms. The molecule has 4 unspecified atom stereocenters. The number of nitrogens with one attached hydrogen (secondary N) is 3. The van der Waals surface area contributed by atoms with Gasteiger partial charge in [-0.2, -0.15) is 0 Å². The topological polar surface area (TPSA) is 198 Å². The molecule has 22 aromatic rings. The first-order valence-electron chi connectivity index (χ1n) is 34.2. The lowest BCUT2D eigenvalue weighted by Crippen LogP contribution is -2.22. The minimum absolute atomic E-state index is 0.197. The van der Waals surface area contributed by atoms with Crippen molar-refractivity contribution in [3.05, 3.63) is 149 Å². The number of hydrogen-bond acceptors (Lipinski definition) is 12. The SMILES string of the molecule is O=S1Cc2c3cncc4c3c3c5c2c(c2[nH]cc6c7cc(O)cc8cc9c(c(c87)c5c26)C3c2c-4csc2C9)C1.O=S1Cc2cc3nc4c(O)c5c6c([nH]c7sc8cc(c2c2c3c4c6c7c82)C1)CCC5.O=S1Cc2nc3[nH]c4cc5c6c(cc7sc8c(O)c(c2c2c3c4c6c7c82)C1)CCC5. The van der Waals surface area contributed by atoms with Gasteiger partial charge in [-0.3, -0.25) is 17.6 Å². The van der Waals surface area contributed by atoms with Crippen molar-refractivity contribution in [2.45, 2.75) is 85.4 Å². The normalized spacial score (nSPS) is 19.4. The van der Waals surface area contributed by atoms with Gasteiger partial charge in [0.15, 0.2) is 0 Å². The number of aromatic amines is 3. The lowest BCUT2D eigenvalue weighted by atomic mass is 9.64. The predicted molar refractivity (Wildman–Crippen MR) is 408 cm³/mol. The molecular formula is C81H44N6O6S6. The fraction of sp³-hybridized carbons (Fsp3) is 0.173. The van der Waals surface area contributed by atoms with Crippen LogP contribution in [0.5, 0.6) is 17.2 Å². The van der Waals surface area contributed by atoms with E-state index in [1.165, 1.54) is 216 Å². The Balaban J connectivity index is 0.0000000841. The van der Waals surface area contributed by atoms with Gasteiger partial charge in [0.1, 0.15) is 33.2 Å². The second-order valence-electron chi connectivity index (χ2n) is 29.8. The van der Waals surface area contributed by atoms with Crippen molar-refractivity contribution in [3.63, 3.8) is 0 Å². The Kier molecular flexibility index (Phi) is 8.57. The average molecular weight is 1390 g/mol. The van der Waals surface area contributed by atoms with Crippen molar-refractivity contribution in [1.82, 2.24) is 29.9 Å². The molecule has 470 valence electrons. The molecule has 12 heterocycles. The van der Waals surface area contributed by atoms with E-state index in [2.05, 4.69) is 63.1 Å². The third-order valence-corrected chi connectivity index (χ3v) is 32.2. The Bertz CT molecular complexity index is 7890. The summed E-state index contributed by atoms with van der Waals surface area (Å²) in [7, 11) is -2.91. The second kappa shape index (κ2) is 16.4. The van der Waals surface area contributed by atoms with E-state index in [-0.39, 0.29) is 5.92 Å². The smallest absolute Gasteiger partial charge is 0.145 e. The van der Waals surface area contributed by atoms with E-state index in [0.29, 0.717) is 51.8 Å². The molecule has 8 aliphatic rings. The number of rotatable bonds is 0. The van der Waals surface area contributed by atoms with Crippen LogP contribution in [-0.2, 0) is 99.0 Å². The number of aryl methyl sites for hydroxylation is 4. The van der Waals surface area contributed by atoms with Crippen LogP contribution in [-0.4, -0.2) is 57.9 Å². The predicted octanol–water partition coefficient (Wildman–Crippen LogP) is 19.0. The first-order chi connectivity index (χ1) is 48.5. The van der Waals surface area contributed by atoms with Crippen molar-refractivity contribution in [3.8, 4) is 28.4 Å². The summed E-state index contributed by atoms with van der Waals surface area (Å²) < 4.78 is 42.2. The van der Waals surface area contributed by atoms with Crippen LogP contribution < -0.4 is 0 Å². The number of phenols is 3. The maximum Gasteiger partial charge on any atom is 0.145 e. The summed E-state index contributed by atoms with van der Waals surface area (Å²) in [6.07, 6.45) is 13.5. The van der Waals surface area contributed by atoms with Crippen LogP contribution in [0, 0.1) is 0 Å². The lowest BCUT2D eigenvalue weighted by molar-refractivity contribution is 0.472. The molecule has 30 rings (SSSR count). The second-order valence-corrected chi connectivity index (χ2v) is 37.2. The molecule has 3 aliphatic heterocycles. The monoisotopic (exact) mass is 1390 g/mol. The highest BCUT2D eigenvalue weighted by Crippen LogP contribution is 2.66. The minimum Gasteiger partial charge on any atom is -0.508 e. The zero-order valence-electron chi connectivity index (χ0n) is 52.0. The number of nitrogens with zero attached hydrogens (tertiary/aromatic N) is 3. The highest BCUT2D eigenvalue weighted by Gasteiger charge is 2.45. The molecule has 0 fully saturated rings. The van der Waals surface area contributed by atoms with Crippen molar-refractivity contribution in [1.29, 1.82) is 0 Å². The Hall–Kier alpha value is -9.40. The van der Waals surface area contributed by atoms with Crippen LogP contribution in [0.1, 0.15) is 102 Å². The molecule has 0 saturated carbocycles. The fourth-order valence-electron chi connectivity index (χ4n) is 22.2. The van der Waals surface area contributed by atoms with Crippen molar-refractivity contribution < 1.29 is 27.9 Å². The quantitative estimate of drug-likeness (QED) is 0.0632. The first kappa shape index (κ1) is 51.7. The van der Waals surface area contributed by atoms with Crippen LogP contribution in [0.15, 0.2) is 66.4 Å². The zero-order chi connectivity index (χ0) is 64.0. The van der Waals surface area contributed by atoms with E-state index in [1.807, 2.05) is 41.0 Å². The van der Waals surface area contributed by atoms with Gasteiger partial charge in [0.2, 0.25) is 0 Å². The molecule has 12 nitrogen and oxygen atoms in total. The highest BCUT2D eigenvalue weighted by atomic mass is 32.2. The van der Waals surface area contributed by atoms with Gasteiger partial charge < -0.3 is 30.3 Å². The summed E-state index contributed by atoms with van der Waals surface area (Å²) in [4.78, 5) is 28.4. The van der Waals surface area contributed by atoms with Crippen LogP contribution in [0.3, 0.4) is 0 Å². The Labute approximate surface area is 575 Å². The standard InChI is InChI=1S/C33H16N2O2S2.2C24H14N2O2S2/c36-13-2-11-1-12-3-21-26-18(8-38-21)15-5-34-6-16-19-9-39(37)10-20-25(19)31-30(24(15)16)29(26)23(12)28-22(11)14(4-13)17-7-35-33(20)27(17)32(28)31;27-23-10-2-1-3-11-15(10)19-20-16-12(25-22(20)23)4-8-6-30(28)7-9-5-13-17(18(16)14(8)9)21(19)24(26-11)29-13;27-22-10-6-30(28)7-12-15(10)19-20-17-13(29-23(20)22)5-9-3-1-2-8-4-11-16(18(17)14(8)9)21(19)24(25-11)26-12/h1-2,4-8,29,35-36H,3,9-10H2;4-5,26-27H,1-3,6-7H2;4-5,27H,1-3,6-7H2,(H,25,26). The van der Waals surface area contributed by atoms with Crippen molar-refractivity contribution in [2.24, 2.45) is 0 Å². The summed E-state index contributed by atoms with van der Waals surface area (Å²) in [5.74, 6) is 4.40. The Morgan fingerprint density at radius 1 is 0.485 bits per heavy atom. The molecule has 99 heavy (non-hydrogen) atoms. The van der Waals surface area contributed by atoms with Gasteiger partial charge in [0.05, 0.1) is 44.4 Å². The highest BCUT2D eigenvalue weighted by molar-refractivity contribution is 7.84. The van der Waals surface area contributed by atoms with E-state index >= 15 is 0 Å². The number of H-pyrrole nitrogens is 3. The lowest BCUT2D eigenvalue weighted by Gasteiger charge is -2.39. The minimum atomic E-state index is -1.04. The summed E-state index contributed by atoms with van der Waals surface area (Å²) in [5.41, 5.74) is 24.8. The van der Waals surface area contributed by atoms with E-state index in [4.69, 9.17) is 15.0 Å². The third-order valence-electron chi connectivity index (χ3n) is 25.3. The summed E-state index contributed by atoms with van der Waals surface area (Å²) >= 11 is 5.40. The van der Waals surface area contributed by atoms with Gasteiger partial charge in [-0.1, -0.05) is 6.07 Å². The molecule has 0 radical (unpaired) electrons. The van der Waals surface area contributed by atoms with E-state index in [0.717, 1.165) is 115 Å². The Morgan fingerprint density at radius 3 is 2.16 bits per heavy atom. The number of pyridine rings is 3.